The minimum Gasteiger partial charge on any atom is -0.497 e. The van der Waals surface area contributed by atoms with Crippen molar-refractivity contribution in [2.24, 2.45) is 0 Å². The highest BCUT2D eigenvalue weighted by Crippen LogP contribution is 2.18. The lowest BCUT2D eigenvalue weighted by molar-refractivity contribution is 0.0651. The molecule has 0 spiro atoms. The number of carbonyl (C=O) groups excluding carboxylic acids is 1. The molecule has 0 fully saturated rings. The highest BCUT2D eigenvalue weighted by atomic mass is 16.5. The number of carbonyl (C=O) groups is 3. The Labute approximate surface area is 131 Å². The van der Waals surface area contributed by atoms with E-state index in [0.717, 1.165) is 12.1 Å². The first-order chi connectivity index (χ1) is 10.9. The molecule has 0 aliphatic carbocycles. The van der Waals surface area contributed by atoms with Crippen LogP contribution in [0.2, 0.25) is 0 Å². The maximum atomic E-state index is 12.1. The fourth-order valence-corrected chi connectivity index (χ4v) is 1.93. The second kappa shape index (κ2) is 6.61. The van der Waals surface area contributed by atoms with Crippen molar-refractivity contribution in [3.05, 3.63) is 59.2 Å². The van der Waals surface area contributed by atoms with E-state index < -0.39 is 23.4 Å². The third-order valence-electron chi connectivity index (χ3n) is 3.09. The molecule has 7 heteroatoms. The monoisotopic (exact) mass is 315 g/mol. The first-order valence-corrected chi connectivity index (χ1v) is 6.48. The number of benzene rings is 2. The van der Waals surface area contributed by atoms with Gasteiger partial charge in [-0.1, -0.05) is 0 Å². The summed E-state index contributed by atoms with van der Waals surface area (Å²) in [5.74, 6) is -2.59. The number of ether oxygens (including phenoxy) is 1. The molecular weight excluding hydrogens is 302 g/mol. The summed E-state index contributed by atoms with van der Waals surface area (Å²) in [6.07, 6.45) is 0. The number of aromatic carboxylic acids is 2. The Morgan fingerprint density at radius 3 is 2.04 bits per heavy atom. The van der Waals surface area contributed by atoms with Crippen molar-refractivity contribution in [1.82, 2.24) is 0 Å². The Balaban J connectivity index is 2.25. The van der Waals surface area contributed by atoms with E-state index in [0.29, 0.717) is 11.3 Å². The van der Waals surface area contributed by atoms with Crippen LogP contribution in [0.3, 0.4) is 0 Å². The van der Waals surface area contributed by atoms with Gasteiger partial charge in [0.2, 0.25) is 0 Å². The number of anilines is 1. The van der Waals surface area contributed by atoms with Crippen LogP contribution in [0.5, 0.6) is 5.75 Å². The van der Waals surface area contributed by atoms with Gasteiger partial charge in [-0.2, -0.15) is 0 Å². The van der Waals surface area contributed by atoms with Crippen molar-refractivity contribution in [3.8, 4) is 5.75 Å². The molecule has 2 aromatic carbocycles. The molecule has 0 atom stereocenters. The summed E-state index contributed by atoms with van der Waals surface area (Å²) in [5, 5.41) is 20.5. The number of carboxylic acids is 2. The summed E-state index contributed by atoms with van der Waals surface area (Å²) in [7, 11) is 1.51. The highest BCUT2D eigenvalue weighted by molar-refractivity contribution is 6.06. The van der Waals surface area contributed by atoms with Crippen LogP contribution in [0, 0.1) is 0 Å². The van der Waals surface area contributed by atoms with Gasteiger partial charge >= 0.3 is 11.9 Å². The van der Waals surface area contributed by atoms with E-state index in [1.165, 1.54) is 13.2 Å². The molecule has 0 aliphatic rings. The van der Waals surface area contributed by atoms with Crippen molar-refractivity contribution in [1.29, 1.82) is 0 Å². The Hall–Kier alpha value is -3.35. The zero-order chi connectivity index (χ0) is 17.0. The van der Waals surface area contributed by atoms with Gasteiger partial charge < -0.3 is 20.3 Å². The molecular formula is C16H13NO6. The maximum Gasteiger partial charge on any atom is 0.336 e. The average Bonchev–Trinajstić information content (AvgIpc) is 2.54. The molecule has 0 saturated carbocycles. The standard InChI is InChI=1S/C16H13NO6/c1-23-11-5-2-9(3-6-11)14(18)17-10-4-7-12(15(19)20)13(8-10)16(21)22/h2-8H,1H3,(H,17,18)(H,19,20)(H,21,22). The summed E-state index contributed by atoms with van der Waals surface area (Å²) in [4.78, 5) is 34.2. The number of hydrogen-bond acceptors (Lipinski definition) is 4. The van der Waals surface area contributed by atoms with Gasteiger partial charge in [-0.05, 0) is 42.5 Å². The number of methoxy groups -OCH3 is 1. The Bertz CT molecular complexity index is 767. The SMILES string of the molecule is COc1ccc(C(=O)Nc2ccc(C(=O)O)c(C(=O)O)c2)cc1. The number of nitrogens with one attached hydrogen (secondary N) is 1. The number of amides is 1. The van der Waals surface area contributed by atoms with Gasteiger partial charge in [0, 0.05) is 11.3 Å². The number of rotatable bonds is 5. The van der Waals surface area contributed by atoms with Crippen LogP contribution in [0.25, 0.3) is 0 Å². The second-order valence-corrected chi connectivity index (χ2v) is 4.55. The number of carboxylic acid groups (broad SMARTS) is 2. The second-order valence-electron chi connectivity index (χ2n) is 4.55. The lowest BCUT2D eigenvalue weighted by Gasteiger charge is -2.08. The zero-order valence-electron chi connectivity index (χ0n) is 12.1. The molecule has 23 heavy (non-hydrogen) atoms. The van der Waals surface area contributed by atoms with Crippen LogP contribution < -0.4 is 10.1 Å². The van der Waals surface area contributed by atoms with Crippen molar-refractivity contribution < 1.29 is 29.3 Å². The molecule has 0 saturated heterocycles. The van der Waals surface area contributed by atoms with Crippen LogP contribution in [-0.2, 0) is 0 Å². The topological polar surface area (TPSA) is 113 Å². The third kappa shape index (κ3) is 3.65. The quantitative estimate of drug-likeness (QED) is 0.780. The van der Waals surface area contributed by atoms with Gasteiger partial charge in [-0.25, -0.2) is 9.59 Å². The molecule has 7 nitrogen and oxygen atoms in total. The predicted octanol–water partition coefficient (Wildman–Crippen LogP) is 2.34. The molecule has 2 aromatic rings. The molecule has 0 unspecified atom stereocenters. The van der Waals surface area contributed by atoms with Crippen LogP contribution in [0.1, 0.15) is 31.1 Å². The largest absolute Gasteiger partial charge is 0.497 e. The number of hydrogen-bond donors (Lipinski definition) is 3. The summed E-state index contributed by atoms with van der Waals surface area (Å²) in [5.41, 5.74) is -0.205. The minimum atomic E-state index is -1.39. The van der Waals surface area contributed by atoms with Crippen LogP contribution >= 0.6 is 0 Å². The smallest absolute Gasteiger partial charge is 0.336 e. The maximum absolute atomic E-state index is 12.1. The summed E-state index contributed by atoms with van der Waals surface area (Å²) < 4.78 is 4.99. The highest BCUT2D eigenvalue weighted by Gasteiger charge is 2.17. The van der Waals surface area contributed by atoms with E-state index in [9.17, 15) is 14.4 Å². The summed E-state index contributed by atoms with van der Waals surface area (Å²) in [6, 6.07) is 9.91. The Morgan fingerprint density at radius 1 is 0.913 bits per heavy atom. The fourth-order valence-electron chi connectivity index (χ4n) is 1.93. The van der Waals surface area contributed by atoms with E-state index in [-0.39, 0.29) is 11.3 Å². The normalized spacial score (nSPS) is 9.96. The van der Waals surface area contributed by atoms with Crippen molar-refractivity contribution in [2.75, 3.05) is 12.4 Å². The van der Waals surface area contributed by atoms with E-state index in [1.807, 2.05) is 0 Å². The average molecular weight is 315 g/mol. The molecule has 118 valence electrons. The zero-order valence-corrected chi connectivity index (χ0v) is 12.1. The first kappa shape index (κ1) is 16.0. The Morgan fingerprint density at radius 2 is 1.52 bits per heavy atom. The van der Waals surface area contributed by atoms with Crippen LogP contribution in [0.15, 0.2) is 42.5 Å². The van der Waals surface area contributed by atoms with Crippen molar-refractivity contribution in [3.63, 3.8) is 0 Å². The molecule has 2 rings (SSSR count). The summed E-state index contributed by atoms with van der Waals surface area (Å²) >= 11 is 0. The van der Waals surface area contributed by atoms with Crippen LogP contribution in [0.4, 0.5) is 5.69 Å². The minimum absolute atomic E-state index is 0.188. The molecule has 1 amide bonds. The van der Waals surface area contributed by atoms with Gasteiger partial charge in [0.25, 0.3) is 5.91 Å². The van der Waals surface area contributed by atoms with E-state index in [4.69, 9.17) is 14.9 Å². The third-order valence-corrected chi connectivity index (χ3v) is 3.09. The summed E-state index contributed by atoms with van der Waals surface area (Å²) in [6.45, 7) is 0. The van der Waals surface area contributed by atoms with E-state index in [2.05, 4.69) is 5.32 Å². The van der Waals surface area contributed by atoms with Crippen molar-refractivity contribution >= 4 is 23.5 Å². The molecule has 0 radical (unpaired) electrons. The molecule has 0 aliphatic heterocycles. The van der Waals surface area contributed by atoms with E-state index >= 15 is 0 Å². The predicted molar refractivity (Wildman–Crippen MR) is 81.3 cm³/mol. The molecule has 0 aromatic heterocycles. The van der Waals surface area contributed by atoms with Crippen molar-refractivity contribution in [2.45, 2.75) is 0 Å². The van der Waals surface area contributed by atoms with Gasteiger partial charge in [-0.3, -0.25) is 4.79 Å². The molecule has 0 bridgehead atoms. The van der Waals surface area contributed by atoms with Gasteiger partial charge in [0.05, 0.1) is 18.2 Å². The van der Waals surface area contributed by atoms with E-state index in [1.54, 1.807) is 24.3 Å². The lowest BCUT2D eigenvalue weighted by Crippen LogP contribution is -2.14. The fraction of sp³-hybridized carbons (Fsp3) is 0.0625. The van der Waals surface area contributed by atoms with Gasteiger partial charge in [0.1, 0.15) is 5.75 Å². The lowest BCUT2D eigenvalue weighted by atomic mass is 10.1. The first-order valence-electron chi connectivity index (χ1n) is 6.48. The molecule has 0 heterocycles. The van der Waals surface area contributed by atoms with Gasteiger partial charge in [-0.15, -0.1) is 0 Å². The van der Waals surface area contributed by atoms with Gasteiger partial charge in [0.15, 0.2) is 0 Å². The molecule has 3 N–H and O–H groups in total. The van der Waals surface area contributed by atoms with Crippen LogP contribution in [-0.4, -0.2) is 35.2 Å². The Kier molecular flexibility index (Phi) is 4.61.